The summed E-state index contributed by atoms with van der Waals surface area (Å²) in [6.07, 6.45) is 1.50. The lowest BCUT2D eigenvalue weighted by Gasteiger charge is -2.46. The highest BCUT2D eigenvalue weighted by molar-refractivity contribution is 6.30. The van der Waals surface area contributed by atoms with E-state index in [0.29, 0.717) is 30.4 Å². The first-order valence-corrected chi connectivity index (χ1v) is 11.8. The minimum atomic E-state index is -0.623. The number of amides is 2. The molecule has 1 aliphatic rings. The fourth-order valence-electron chi connectivity index (χ4n) is 4.66. The van der Waals surface area contributed by atoms with Crippen LogP contribution in [0.25, 0.3) is 16.7 Å². The summed E-state index contributed by atoms with van der Waals surface area (Å²) < 4.78 is 7.53. The fraction of sp³-hybridized carbons (Fsp3) is 0.308. The van der Waals surface area contributed by atoms with Crippen LogP contribution in [0.15, 0.2) is 53.2 Å². The zero-order valence-corrected chi connectivity index (χ0v) is 20.8. The zero-order chi connectivity index (χ0) is 24.9. The van der Waals surface area contributed by atoms with Gasteiger partial charge in [0.15, 0.2) is 5.76 Å². The van der Waals surface area contributed by atoms with E-state index in [9.17, 15) is 9.59 Å². The van der Waals surface area contributed by atoms with Crippen molar-refractivity contribution in [2.24, 2.45) is 0 Å². The van der Waals surface area contributed by atoms with Gasteiger partial charge in [0.05, 0.1) is 11.2 Å². The van der Waals surface area contributed by atoms with E-state index in [4.69, 9.17) is 16.0 Å². The maximum absolute atomic E-state index is 13.4. The highest BCUT2D eigenvalue weighted by Crippen LogP contribution is 2.30. The molecule has 35 heavy (non-hydrogen) atoms. The number of para-hydroxylation sites is 1. The Labute approximate surface area is 208 Å². The van der Waals surface area contributed by atoms with Crippen LogP contribution in [0.2, 0.25) is 5.02 Å². The third-order valence-corrected chi connectivity index (χ3v) is 6.78. The van der Waals surface area contributed by atoms with Crippen molar-refractivity contribution in [1.29, 1.82) is 0 Å². The second-order valence-electron chi connectivity index (χ2n) is 9.50. The van der Waals surface area contributed by atoms with Crippen LogP contribution in [0.4, 0.5) is 0 Å². The average molecular weight is 492 g/mol. The molecule has 8 nitrogen and oxygen atoms in total. The molecule has 5 rings (SSSR count). The number of halogens is 1. The van der Waals surface area contributed by atoms with Gasteiger partial charge in [0.1, 0.15) is 11.9 Å². The Balaban J connectivity index is 1.35. The Kier molecular flexibility index (Phi) is 5.63. The highest BCUT2D eigenvalue weighted by atomic mass is 35.5. The van der Waals surface area contributed by atoms with Gasteiger partial charge in [0.25, 0.3) is 11.8 Å². The van der Waals surface area contributed by atoms with Gasteiger partial charge in [-0.2, -0.15) is 0 Å². The number of aryl methyl sites for hydroxylation is 2. The number of piperazine rings is 1. The number of benzene rings is 2. The van der Waals surface area contributed by atoms with Crippen molar-refractivity contribution in [3.63, 3.8) is 0 Å². The summed E-state index contributed by atoms with van der Waals surface area (Å²) in [7, 11) is 0. The van der Waals surface area contributed by atoms with Crippen LogP contribution < -0.4 is 0 Å². The number of carbonyl (C=O) groups excluding carboxylic acids is 2. The second-order valence-corrected chi connectivity index (χ2v) is 9.93. The summed E-state index contributed by atoms with van der Waals surface area (Å²) in [6, 6.07) is 13.1. The van der Waals surface area contributed by atoms with Crippen molar-refractivity contribution in [1.82, 2.24) is 24.6 Å². The molecule has 2 amide bonds. The molecular weight excluding hydrogens is 466 g/mol. The quantitative estimate of drug-likeness (QED) is 0.416. The molecule has 0 atom stereocenters. The third-order valence-electron chi connectivity index (χ3n) is 6.55. The van der Waals surface area contributed by atoms with E-state index in [-0.39, 0.29) is 17.6 Å². The molecule has 2 aromatic heterocycles. The lowest BCUT2D eigenvalue weighted by Crippen LogP contribution is -2.62. The summed E-state index contributed by atoms with van der Waals surface area (Å²) >= 11 is 6.07. The number of hydrogen-bond donors (Lipinski definition) is 0. The van der Waals surface area contributed by atoms with Crippen LogP contribution >= 0.6 is 11.6 Å². The predicted octanol–water partition coefficient (Wildman–Crippen LogP) is 4.66. The van der Waals surface area contributed by atoms with Crippen molar-refractivity contribution in [2.75, 3.05) is 19.6 Å². The summed E-state index contributed by atoms with van der Waals surface area (Å²) in [5.74, 6) is 0.00768. The highest BCUT2D eigenvalue weighted by Gasteiger charge is 2.41. The van der Waals surface area contributed by atoms with Crippen LogP contribution in [0.3, 0.4) is 0 Å². The molecule has 0 aliphatic carbocycles. The first kappa shape index (κ1) is 23.1. The molecule has 1 aliphatic heterocycles. The van der Waals surface area contributed by atoms with Gasteiger partial charge >= 0.3 is 0 Å². The smallest absolute Gasteiger partial charge is 0.294 e. The topological polar surface area (TPSA) is 84.5 Å². The number of carbonyl (C=O) groups is 2. The molecular formula is C26H26ClN5O3. The monoisotopic (exact) mass is 491 g/mol. The zero-order valence-electron chi connectivity index (χ0n) is 20.1. The number of nitrogens with zero attached hydrogens (tertiary/aromatic N) is 5. The Morgan fingerprint density at radius 2 is 1.83 bits per heavy atom. The first-order chi connectivity index (χ1) is 16.7. The van der Waals surface area contributed by atoms with Crippen LogP contribution in [0, 0.1) is 13.8 Å². The molecule has 4 aromatic rings. The normalized spacial score (nSPS) is 15.6. The van der Waals surface area contributed by atoms with Crippen LogP contribution in [-0.2, 0) is 0 Å². The van der Waals surface area contributed by atoms with Gasteiger partial charge in [-0.05, 0) is 51.5 Å². The van der Waals surface area contributed by atoms with Crippen LogP contribution in [0.1, 0.15) is 46.1 Å². The van der Waals surface area contributed by atoms with Gasteiger partial charge in [0, 0.05) is 35.6 Å². The number of furan rings is 1. The van der Waals surface area contributed by atoms with Gasteiger partial charge in [-0.3, -0.25) is 9.59 Å². The van der Waals surface area contributed by atoms with Gasteiger partial charge in [0.2, 0.25) is 5.82 Å². The van der Waals surface area contributed by atoms with Gasteiger partial charge in [-0.1, -0.05) is 35.9 Å². The van der Waals surface area contributed by atoms with E-state index in [1.165, 1.54) is 11.0 Å². The third kappa shape index (κ3) is 4.08. The molecule has 0 spiro atoms. The number of hydrogen-bond acceptors (Lipinski definition) is 5. The van der Waals surface area contributed by atoms with Crippen molar-refractivity contribution in [3.8, 4) is 5.69 Å². The SMILES string of the molecule is Cc1c(C(=O)N2CCN(C(=O)c3ncn(-c4cccc(Cl)c4)n3)C(C)(C)C2)oc2c(C)cccc12. The molecule has 9 heteroatoms. The predicted molar refractivity (Wildman–Crippen MR) is 133 cm³/mol. The van der Waals surface area contributed by atoms with Crippen molar-refractivity contribution < 1.29 is 14.0 Å². The van der Waals surface area contributed by atoms with E-state index in [1.807, 2.05) is 58.0 Å². The largest absolute Gasteiger partial charge is 0.450 e. The minimum absolute atomic E-state index is 0.0985. The average Bonchev–Trinajstić information content (AvgIpc) is 3.44. The summed E-state index contributed by atoms with van der Waals surface area (Å²) in [5.41, 5.74) is 2.66. The van der Waals surface area contributed by atoms with Crippen molar-refractivity contribution in [3.05, 3.63) is 76.5 Å². The minimum Gasteiger partial charge on any atom is -0.450 e. The fourth-order valence-corrected chi connectivity index (χ4v) is 4.85. The van der Waals surface area contributed by atoms with E-state index < -0.39 is 5.54 Å². The van der Waals surface area contributed by atoms with Gasteiger partial charge in [-0.25, -0.2) is 9.67 Å². The Bertz CT molecular complexity index is 1450. The van der Waals surface area contributed by atoms with E-state index in [2.05, 4.69) is 10.1 Å². The number of aromatic nitrogens is 3. The molecule has 0 bridgehead atoms. The van der Waals surface area contributed by atoms with E-state index in [1.54, 1.807) is 21.9 Å². The van der Waals surface area contributed by atoms with Crippen LogP contribution in [-0.4, -0.2) is 61.6 Å². The van der Waals surface area contributed by atoms with Crippen molar-refractivity contribution >= 4 is 34.4 Å². The number of rotatable bonds is 3. The lowest BCUT2D eigenvalue weighted by atomic mass is 9.98. The molecule has 180 valence electrons. The molecule has 0 radical (unpaired) electrons. The summed E-state index contributed by atoms with van der Waals surface area (Å²) in [6.45, 7) is 8.87. The maximum atomic E-state index is 13.4. The standard InChI is InChI=1S/C26H26ClN5O3/c1-16-7-5-10-20-17(2)22(35-21(16)20)24(33)30-11-12-31(26(3,4)14-30)25(34)23-28-15-32(29-23)19-9-6-8-18(27)13-19/h5-10,13,15H,11-12,14H2,1-4H3. The Morgan fingerprint density at radius 3 is 2.54 bits per heavy atom. The Hall–Kier alpha value is -3.65. The molecule has 1 saturated heterocycles. The van der Waals surface area contributed by atoms with Gasteiger partial charge in [-0.15, -0.1) is 5.10 Å². The number of fused-ring (bicyclic) bond motifs is 1. The lowest BCUT2D eigenvalue weighted by molar-refractivity contribution is 0.0149. The first-order valence-electron chi connectivity index (χ1n) is 11.4. The molecule has 0 saturated carbocycles. The summed E-state index contributed by atoms with van der Waals surface area (Å²) in [5, 5.41) is 5.89. The Morgan fingerprint density at radius 1 is 1.06 bits per heavy atom. The van der Waals surface area contributed by atoms with Gasteiger partial charge < -0.3 is 14.2 Å². The van der Waals surface area contributed by atoms with Crippen LogP contribution in [0.5, 0.6) is 0 Å². The molecule has 1 fully saturated rings. The maximum Gasteiger partial charge on any atom is 0.294 e. The molecule has 3 heterocycles. The molecule has 2 aromatic carbocycles. The summed E-state index contributed by atoms with van der Waals surface area (Å²) in [4.78, 5) is 34.4. The van der Waals surface area contributed by atoms with Crippen molar-refractivity contribution in [2.45, 2.75) is 33.2 Å². The molecule has 0 unspecified atom stereocenters. The molecule has 0 N–H and O–H groups in total. The van der Waals surface area contributed by atoms with E-state index >= 15 is 0 Å². The second kappa shape index (κ2) is 8.53. The van der Waals surface area contributed by atoms with E-state index in [0.717, 1.165) is 27.8 Å².